The van der Waals surface area contributed by atoms with Crippen LogP contribution < -0.4 is 5.32 Å². The van der Waals surface area contributed by atoms with Gasteiger partial charge in [-0.25, -0.2) is 4.79 Å². The minimum absolute atomic E-state index is 0.150. The van der Waals surface area contributed by atoms with Crippen LogP contribution in [0.5, 0.6) is 0 Å². The number of esters is 1. The standard InChI is InChI=1S/C14H20N2O3/c1-4-19-14(18)11-8(2)12(16-9(11)3)13(17)15-7-10-5-6-10/h10,16H,4-7H2,1-3H3,(H,15,17). The highest BCUT2D eigenvalue weighted by Crippen LogP contribution is 2.27. The number of hydrogen-bond donors (Lipinski definition) is 2. The van der Waals surface area contributed by atoms with E-state index in [9.17, 15) is 9.59 Å². The predicted octanol–water partition coefficient (Wildman–Crippen LogP) is 1.95. The number of aromatic nitrogens is 1. The van der Waals surface area contributed by atoms with Crippen LogP contribution >= 0.6 is 0 Å². The maximum absolute atomic E-state index is 12.0. The van der Waals surface area contributed by atoms with Gasteiger partial charge in [0.15, 0.2) is 0 Å². The van der Waals surface area contributed by atoms with Crippen LogP contribution in [0.2, 0.25) is 0 Å². The second-order valence-corrected chi connectivity index (χ2v) is 5.00. The molecular weight excluding hydrogens is 244 g/mol. The van der Waals surface area contributed by atoms with Gasteiger partial charge in [-0.15, -0.1) is 0 Å². The molecule has 1 heterocycles. The summed E-state index contributed by atoms with van der Waals surface area (Å²) in [6, 6.07) is 0. The van der Waals surface area contributed by atoms with Gasteiger partial charge >= 0.3 is 5.97 Å². The summed E-state index contributed by atoms with van der Waals surface area (Å²) >= 11 is 0. The molecule has 104 valence electrons. The molecule has 5 heteroatoms. The van der Waals surface area contributed by atoms with Crippen molar-refractivity contribution in [3.63, 3.8) is 0 Å². The minimum atomic E-state index is -0.380. The largest absolute Gasteiger partial charge is 0.462 e. The van der Waals surface area contributed by atoms with Crippen molar-refractivity contribution in [2.45, 2.75) is 33.6 Å². The van der Waals surface area contributed by atoms with Crippen LogP contribution in [0.25, 0.3) is 0 Å². The molecule has 1 aromatic rings. The lowest BCUT2D eigenvalue weighted by Crippen LogP contribution is -2.26. The number of aromatic amines is 1. The lowest BCUT2D eigenvalue weighted by molar-refractivity contribution is 0.0525. The summed E-state index contributed by atoms with van der Waals surface area (Å²) in [4.78, 5) is 26.9. The SMILES string of the molecule is CCOC(=O)c1c(C)[nH]c(C(=O)NCC2CC2)c1C. The van der Waals surface area contributed by atoms with E-state index in [0.717, 1.165) is 0 Å². The number of hydrogen-bond acceptors (Lipinski definition) is 3. The van der Waals surface area contributed by atoms with Crippen molar-refractivity contribution >= 4 is 11.9 Å². The van der Waals surface area contributed by atoms with Crippen molar-refractivity contribution in [3.8, 4) is 0 Å². The summed E-state index contributed by atoms with van der Waals surface area (Å²) < 4.78 is 5.00. The molecule has 0 saturated heterocycles. The van der Waals surface area contributed by atoms with E-state index in [-0.39, 0.29) is 11.9 Å². The third-order valence-corrected chi connectivity index (χ3v) is 3.39. The highest BCUT2D eigenvalue weighted by molar-refractivity contribution is 6.00. The van der Waals surface area contributed by atoms with Gasteiger partial charge in [0.05, 0.1) is 12.2 Å². The first-order chi connectivity index (χ1) is 9.04. The van der Waals surface area contributed by atoms with Crippen LogP contribution in [0.1, 0.15) is 51.9 Å². The fourth-order valence-electron chi connectivity index (χ4n) is 2.13. The molecule has 0 radical (unpaired) electrons. The first kappa shape index (κ1) is 13.6. The number of aryl methyl sites for hydroxylation is 1. The van der Waals surface area contributed by atoms with Gasteiger partial charge in [-0.1, -0.05) is 0 Å². The fraction of sp³-hybridized carbons (Fsp3) is 0.571. The van der Waals surface area contributed by atoms with Crippen LogP contribution in [-0.4, -0.2) is 30.0 Å². The van der Waals surface area contributed by atoms with Gasteiger partial charge in [-0.05, 0) is 45.1 Å². The number of amides is 1. The van der Waals surface area contributed by atoms with Gasteiger partial charge in [0.25, 0.3) is 5.91 Å². The summed E-state index contributed by atoms with van der Waals surface area (Å²) in [6.07, 6.45) is 2.38. The van der Waals surface area contributed by atoms with E-state index < -0.39 is 0 Å². The summed E-state index contributed by atoms with van der Waals surface area (Å²) in [5, 5.41) is 2.89. The van der Waals surface area contributed by atoms with Gasteiger partial charge in [-0.3, -0.25) is 4.79 Å². The topological polar surface area (TPSA) is 71.2 Å². The van der Waals surface area contributed by atoms with Crippen LogP contribution in [0.3, 0.4) is 0 Å². The van der Waals surface area contributed by atoms with Crippen LogP contribution in [0.15, 0.2) is 0 Å². The molecule has 0 atom stereocenters. The summed E-state index contributed by atoms with van der Waals surface area (Å²) in [5.74, 6) is 0.0999. The molecule has 19 heavy (non-hydrogen) atoms. The van der Waals surface area contributed by atoms with Crippen molar-refractivity contribution < 1.29 is 14.3 Å². The molecule has 1 aliphatic carbocycles. The van der Waals surface area contributed by atoms with Gasteiger partial charge in [0.1, 0.15) is 5.69 Å². The van der Waals surface area contributed by atoms with Crippen molar-refractivity contribution in [2.24, 2.45) is 5.92 Å². The molecule has 1 amide bonds. The molecule has 0 aliphatic heterocycles. The number of carbonyl (C=O) groups excluding carboxylic acids is 2. The second kappa shape index (κ2) is 5.47. The van der Waals surface area contributed by atoms with Crippen LogP contribution in [0.4, 0.5) is 0 Å². The van der Waals surface area contributed by atoms with Crippen molar-refractivity contribution in [2.75, 3.05) is 13.2 Å². The Morgan fingerprint density at radius 2 is 2.05 bits per heavy atom. The molecule has 5 nitrogen and oxygen atoms in total. The molecule has 2 N–H and O–H groups in total. The molecular formula is C14H20N2O3. The van der Waals surface area contributed by atoms with Gasteiger partial charge in [-0.2, -0.15) is 0 Å². The van der Waals surface area contributed by atoms with Crippen LogP contribution in [0, 0.1) is 19.8 Å². The average Bonchev–Trinajstić information content (AvgIpc) is 3.12. The zero-order valence-electron chi connectivity index (χ0n) is 11.6. The zero-order valence-corrected chi connectivity index (χ0v) is 11.6. The Morgan fingerprint density at radius 3 is 2.63 bits per heavy atom. The van der Waals surface area contributed by atoms with E-state index in [0.29, 0.717) is 41.6 Å². The number of nitrogens with one attached hydrogen (secondary N) is 2. The smallest absolute Gasteiger partial charge is 0.340 e. The minimum Gasteiger partial charge on any atom is -0.462 e. The van der Waals surface area contributed by atoms with E-state index in [1.54, 1.807) is 20.8 Å². The van der Waals surface area contributed by atoms with E-state index in [2.05, 4.69) is 10.3 Å². The van der Waals surface area contributed by atoms with E-state index >= 15 is 0 Å². The van der Waals surface area contributed by atoms with E-state index in [1.165, 1.54) is 12.8 Å². The lowest BCUT2D eigenvalue weighted by Gasteiger charge is -2.04. The van der Waals surface area contributed by atoms with E-state index in [1.807, 2.05) is 0 Å². The van der Waals surface area contributed by atoms with Crippen molar-refractivity contribution in [1.82, 2.24) is 10.3 Å². The average molecular weight is 264 g/mol. The molecule has 0 aromatic carbocycles. The third-order valence-electron chi connectivity index (χ3n) is 3.39. The molecule has 0 spiro atoms. The van der Waals surface area contributed by atoms with Gasteiger partial charge < -0.3 is 15.0 Å². The first-order valence-electron chi connectivity index (χ1n) is 6.69. The summed E-state index contributed by atoms with van der Waals surface area (Å²) in [6.45, 7) is 6.34. The van der Waals surface area contributed by atoms with Crippen molar-refractivity contribution in [1.29, 1.82) is 0 Å². The molecule has 1 fully saturated rings. The maximum atomic E-state index is 12.0. The maximum Gasteiger partial charge on any atom is 0.340 e. The first-order valence-corrected chi connectivity index (χ1v) is 6.69. The molecule has 1 aromatic heterocycles. The molecule has 0 bridgehead atoms. The Bertz CT molecular complexity index is 501. The summed E-state index contributed by atoms with van der Waals surface area (Å²) in [5.41, 5.74) is 2.26. The normalized spacial score (nSPS) is 14.3. The monoisotopic (exact) mass is 264 g/mol. The van der Waals surface area contributed by atoms with E-state index in [4.69, 9.17) is 4.74 Å². The lowest BCUT2D eigenvalue weighted by atomic mass is 10.1. The molecule has 2 rings (SSSR count). The second-order valence-electron chi connectivity index (χ2n) is 5.00. The van der Waals surface area contributed by atoms with Crippen LogP contribution in [-0.2, 0) is 4.74 Å². The number of carbonyl (C=O) groups is 2. The number of rotatable bonds is 5. The van der Waals surface area contributed by atoms with Gasteiger partial charge in [0, 0.05) is 12.2 Å². The third kappa shape index (κ3) is 2.97. The Hall–Kier alpha value is -1.78. The Morgan fingerprint density at radius 1 is 1.37 bits per heavy atom. The highest BCUT2D eigenvalue weighted by Gasteiger charge is 2.25. The number of ether oxygens (including phenoxy) is 1. The Balaban J connectivity index is 2.14. The molecule has 1 saturated carbocycles. The fourth-order valence-corrected chi connectivity index (χ4v) is 2.13. The quantitative estimate of drug-likeness (QED) is 0.798. The van der Waals surface area contributed by atoms with Crippen molar-refractivity contribution in [3.05, 3.63) is 22.5 Å². The predicted molar refractivity (Wildman–Crippen MR) is 71.3 cm³/mol. The zero-order chi connectivity index (χ0) is 14.0. The highest BCUT2D eigenvalue weighted by atomic mass is 16.5. The molecule has 1 aliphatic rings. The Labute approximate surface area is 112 Å². The summed E-state index contributed by atoms with van der Waals surface area (Å²) in [7, 11) is 0. The van der Waals surface area contributed by atoms with Gasteiger partial charge in [0.2, 0.25) is 0 Å². The Kier molecular flexibility index (Phi) is 3.93. The molecule has 0 unspecified atom stereocenters. The number of H-pyrrole nitrogens is 1.